The maximum Gasteiger partial charge on any atom is 0.145 e. The molecule has 0 aliphatic rings. The predicted molar refractivity (Wildman–Crippen MR) is 149 cm³/mol. The standard InChI is InChI=1S/C33H34N2/c1-32(2,3)26-21-25(23-15-9-7-10-16-23)22-27(33(4,5)6)30(26)35-29-20-14-13-19-28(29)34-31(35)24-17-11-8-12-18-24/h7-22H,1-6H3. The molecule has 5 aromatic rings. The van der Waals surface area contributed by atoms with Crippen molar-refractivity contribution in [3.63, 3.8) is 0 Å². The first-order valence-electron chi connectivity index (χ1n) is 12.4. The van der Waals surface area contributed by atoms with E-state index in [0.717, 1.165) is 22.4 Å². The van der Waals surface area contributed by atoms with E-state index < -0.39 is 0 Å². The summed E-state index contributed by atoms with van der Waals surface area (Å²) in [5.74, 6) is 0.982. The van der Waals surface area contributed by atoms with E-state index in [0.29, 0.717) is 0 Å². The zero-order chi connectivity index (χ0) is 24.8. The monoisotopic (exact) mass is 458 g/mol. The van der Waals surface area contributed by atoms with Crippen molar-refractivity contribution >= 4 is 11.0 Å². The van der Waals surface area contributed by atoms with Crippen molar-refractivity contribution in [2.45, 2.75) is 52.4 Å². The van der Waals surface area contributed by atoms with Gasteiger partial charge in [-0.1, -0.05) is 114 Å². The summed E-state index contributed by atoms with van der Waals surface area (Å²) in [6.07, 6.45) is 0. The molecule has 0 atom stereocenters. The van der Waals surface area contributed by atoms with Gasteiger partial charge in [-0.05, 0) is 57.3 Å². The second kappa shape index (κ2) is 8.53. The molecule has 0 aliphatic carbocycles. The molecule has 0 radical (unpaired) electrons. The number of benzene rings is 4. The van der Waals surface area contributed by atoms with Crippen LogP contribution in [0.2, 0.25) is 0 Å². The molecule has 2 heteroatoms. The van der Waals surface area contributed by atoms with Gasteiger partial charge in [-0.3, -0.25) is 4.57 Å². The third-order valence-electron chi connectivity index (χ3n) is 6.65. The number of fused-ring (bicyclic) bond motifs is 1. The lowest BCUT2D eigenvalue weighted by Gasteiger charge is -2.32. The number of para-hydroxylation sites is 2. The molecule has 0 N–H and O–H groups in total. The van der Waals surface area contributed by atoms with Crippen LogP contribution in [0.25, 0.3) is 39.2 Å². The third kappa shape index (κ3) is 4.30. The van der Waals surface area contributed by atoms with Gasteiger partial charge in [-0.25, -0.2) is 4.98 Å². The molecule has 0 amide bonds. The van der Waals surface area contributed by atoms with Crippen LogP contribution >= 0.6 is 0 Å². The number of imidazole rings is 1. The minimum Gasteiger partial charge on any atom is -0.292 e. The van der Waals surface area contributed by atoms with E-state index >= 15 is 0 Å². The van der Waals surface area contributed by atoms with Crippen LogP contribution in [-0.4, -0.2) is 9.55 Å². The summed E-state index contributed by atoms with van der Waals surface area (Å²) in [5, 5.41) is 0. The van der Waals surface area contributed by atoms with Crippen LogP contribution in [0.5, 0.6) is 0 Å². The Labute approximate surface area is 209 Å². The molecule has 0 saturated carbocycles. The fourth-order valence-electron chi connectivity index (χ4n) is 4.85. The fourth-order valence-corrected chi connectivity index (χ4v) is 4.85. The summed E-state index contributed by atoms with van der Waals surface area (Å²) in [7, 11) is 0. The first-order valence-corrected chi connectivity index (χ1v) is 12.4. The number of hydrogen-bond donors (Lipinski definition) is 0. The minimum atomic E-state index is -0.0700. The van der Waals surface area contributed by atoms with E-state index in [1.807, 2.05) is 0 Å². The molecule has 0 unspecified atom stereocenters. The summed E-state index contributed by atoms with van der Waals surface area (Å²) < 4.78 is 2.40. The topological polar surface area (TPSA) is 17.8 Å². The quantitative estimate of drug-likeness (QED) is 0.264. The Kier molecular flexibility index (Phi) is 5.63. The molecule has 4 aromatic carbocycles. The molecular weight excluding hydrogens is 424 g/mol. The Morgan fingerprint density at radius 1 is 0.543 bits per heavy atom. The first kappa shape index (κ1) is 23.1. The van der Waals surface area contributed by atoms with Crippen LogP contribution < -0.4 is 0 Å². The van der Waals surface area contributed by atoms with Crippen molar-refractivity contribution in [3.05, 3.63) is 108 Å². The van der Waals surface area contributed by atoms with Crippen LogP contribution in [0, 0.1) is 0 Å². The van der Waals surface area contributed by atoms with Gasteiger partial charge < -0.3 is 0 Å². The van der Waals surface area contributed by atoms with Gasteiger partial charge >= 0.3 is 0 Å². The van der Waals surface area contributed by atoms with Crippen LogP contribution in [0.3, 0.4) is 0 Å². The largest absolute Gasteiger partial charge is 0.292 e. The fraction of sp³-hybridized carbons (Fsp3) is 0.242. The Balaban J connectivity index is 1.95. The van der Waals surface area contributed by atoms with Gasteiger partial charge in [-0.2, -0.15) is 0 Å². The summed E-state index contributed by atoms with van der Waals surface area (Å²) in [4.78, 5) is 5.15. The Hall–Kier alpha value is -3.65. The van der Waals surface area contributed by atoms with E-state index in [-0.39, 0.29) is 10.8 Å². The third-order valence-corrected chi connectivity index (χ3v) is 6.65. The van der Waals surface area contributed by atoms with Crippen molar-refractivity contribution in [1.82, 2.24) is 9.55 Å². The van der Waals surface area contributed by atoms with Crippen LogP contribution in [0.15, 0.2) is 97.1 Å². The lowest BCUT2D eigenvalue weighted by atomic mass is 9.76. The van der Waals surface area contributed by atoms with E-state index in [1.54, 1.807) is 0 Å². The zero-order valence-electron chi connectivity index (χ0n) is 21.6. The molecule has 2 nitrogen and oxygen atoms in total. The van der Waals surface area contributed by atoms with E-state index in [9.17, 15) is 0 Å². The van der Waals surface area contributed by atoms with Gasteiger partial charge in [0.25, 0.3) is 0 Å². The van der Waals surface area contributed by atoms with E-state index in [2.05, 4.69) is 143 Å². The average molecular weight is 459 g/mol. The molecule has 1 heterocycles. The summed E-state index contributed by atoms with van der Waals surface area (Å²) in [5.41, 5.74) is 9.52. The van der Waals surface area contributed by atoms with Crippen molar-refractivity contribution < 1.29 is 0 Å². The SMILES string of the molecule is CC(C)(C)c1cc(-c2ccccc2)cc(C(C)(C)C)c1-n1c(-c2ccccc2)nc2ccccc21. The summed E-state index contributed by atoms with van der Waals surface area (Å²) in [6.45, 7) is 13.9. The molecule has 1 aromatic heterocycles. The summed E-state index contributed by atoms with van der Waals surface area (Å²) in [6, 6.07) is 34.6. The molecule has 0 spiro atoms. The Morgan fingerprint density at radius 2 is 1.03 bits per heavy atom. The molecular formula is C33H34N2. The lowest BCUT2D eigenvalue weighted by Crippen LogP contribution is -2.22. The second-order valence-electron chi connectivity index (χ2n) is 11.4. The highest BCUT2D eigenvalue weighted by molar-refractivity contribution is 5.85. The van der Waals surface area contributed by atoms with E-state index in [1.165, 1.54) is 27.9 Å². The van der Waals surface area contributed by atoms with Gasteiger partial charge in [0.1, 0.15) is 5.82 Å². The number of hydrogen-bond acceptors (Lipinski definition) is 1. The molecule has 35 heavy (non-hydrogen) atoms. The molecule has 5 rings (SSSR count). The van der Waals surface area contributed by atoms with E-state index in [4.69, 9.17) is 4.98 Å². The van der Waals surface area contributed by atoms with Crippen LogP contribution in [-0.2, 0) is 10.8 Å². The minimum absolute atomic E-state index is 0.0700. The molecule has 0 fully saturated rings. The van der Waals surface area contributed by atoms with Gasteiger partial charge in [-0.15, -0.1) is 0 Å². The molecule has 0 aliphatic heterocycles. The van der Waals surface area contributed by atoms with Crippen molar-refractivity contribution in [3.8, 4) is 28.2 Å². The first-order chi connectivity index (χ1) is 16.6. The second-order valence-corrected chi connectivity index (χ2v) is 11.4. The van der Waals surface area contributed by atoms with Gasteiger partial charge in [0.05, 0.1) is 16.7 Å². The number of nitrogens with zero attached hydrogens (tertiary/aromatic N) is 2. The maximum absolute atomic E-state index is 5.15. The lowest BCUT2D eigenvalue weighted by molar-refractivity contribution is 0.563. The number of rotatable bonds is 3. The zero-order valence-corrected chi connectivity index (χ0v) is 21.6. The van der Waals surface area contributed by atoms with Gasteiger partial charge in [0, 0.05) is 5.56 Å². The van der Waals surface area contributed by atoms with Crippen LogP contribution in [0.1, 0.15) is 52.7 Å². The molecule has 0 saturated heterocycles. The Morgan fingerprint density at radius 3 is 1.57 bits per heavy atom. The highest BCUT2D eigenvalue weighted by Gasteiger charge is 2.30. The molecule has 176 valence electrons. The smallest absolute Gasteiger partial charge is 0.145 e. The highest BCUT2D eigenvalue weighted by Crippen LogP contribution is 2.43. The normalized spacial score (nSPS) is 12.3. The number of aromatic nitrogens is 2. The highest BCUT2D eigenvalue weighted by atomic mass is 15.1. The summed E-state index contributed by atoms with van der Waals surface area (Å²) >= 11 is 0. The maximum atomic E-state index is 5.15. The van der Waals surface area contributed by atoms with Gasteiger partial charge in [0.2, 0.25) is 0 Å². The van der Waals surface area contributed by atoms with Crippen molar-refractivity contribution in [2.75, 3.05) is 0 Å². The van der Waals surface area contributed by atoms with Gasteiger partial charge in [0.15, 0.2) is 0 Å². The Bertz CT molecular complexity index is 1440. The predicted octanol–water partition coefficient (Wildman–Crippen LogP) is 8.95. The van der Waals surface area contributed by atoms with Crippen molar-refractivity contribution in [2.24, 2.45) is 0 Å². The van der Waals surface area contributed by atoms with Crippen LogP contribution in [0.4, 0.5) is 0 Å². The van der Waals surface area contributed by atoms with Crippen molar-refractivity contribution in [1.29, 1.82) is 0 Å². The molecule has 0 bridgehead atoms. The average Bonchev–Trinajstić information content (AvgIpc) is 3.22.